The van der Waals surface area contributed by atoms with Crippen molar-refractivity contribution >= 4 is 5.69 Å². The summed E-state index contributed by atoms with van der Waals surface area (Å²) in [6.07, 6.45) is 2.54. The summed E-state index contributed by atoms with van der Waals surface area (Å²) in [7, 11) is 0. The topological polar surface area (TPSA) is 30.5 Å². The number of benzene rings is 1. The van der Waals surface area contributed by atoms with E-state index in [1.807, 2.05) is 12.1 Å². The SMILES string of the molecule is CC1CC(Nc2ccc3c(c2)OCO3)C1. The molecular weight excluding hydrogens is 190 g/mol. The molecule has 3 nitrogen and oxygen atoms in total. The first-order chi connectivity index (χ1) is 7.31. The summed E-state index contributed by atoms with van der Waals surface area (Å²) >= 11 is 0. The fraction of sp³-hybridized carbons (Fsp3) is 0.500. The molecule has 0 unspecified atom stereocenters. The summed E-state index contributed by atoms with van der Waals surface area (Å²) < 4.78 is 10.6. The van der Waals surface area contributed by atoms with Crippen molar-refractivity contribution in [2.75, 3.05) is 12.1 Å². The van der Waals surface area contributed by atoms with Gasteiger partial charge in [-0.05, 0) is 30.9 Å². The van der Waals surface area contributed by atoms with Crippen LogP contribution >= 0.6 is 0 Å². The van der Waals surface area contributed by atoms with Gasteiger partial charge in [0.05, 0.1) is 0 Å². The zero-order chi connectivity index (χ0) is 10.3. The highest BCUT2D eigenvalue weighted by Gasteiger charge is 2.25. The molecule has 1 aliphatic carbocycles. The van der Waals surface area contributed by atoms with E-state index in [2.05, 4.69) is 18.3 Å². The van der Waals surface area contributed by atoms with E-state index in [4.69, 9.17) is 9.47 Å². The Morgan fingerprint density at radius 2 is 2.00 bits per heavy atom. The molecule has 0 spiro atoms. The van der Waals surface area contributed by atoms with Crippen LogP contribution in [0.3, 0.4) is 0 Å². The predicted molar refractivity (Wildman–Crippen MR) is 58.4 cm³/mol. The van der Waals surface area contributed by atoms with Gasteiger partial charge >= 0.3 is 0 Å². The van der Waals surface area contributed by atoms with E-state index in [0.29, 0.717) is 12.8 Å². The number of hydrogen-bond donors (Lipinski definition) is 1. The van der Waals surface area contributed by atoms with Crippen LogP contribution in [0.2, 0.25) is 0 Å². The van der Waals surface area contributed by atoms with Gasteiger partial charge in [-0.25, -0.2) is 0 Å². The van der Waals surface area contributed by atoms with Crippen LogP contribution in [-0.4, -0.2) is 12.8 Å². The Bertz CT molecular complexity index is 372. The standard InChI is InChI=1S/C12H15NO2/c1-8-4-10(5-8)13-9-2-3-11-12(6-9)15-7-14-11/h2-3,6,8,10,13H,4-5,7H2,1H3. The van der Waals surface area contributed by atoms with E-state index < -0.39 is 0 Å². The molecule has 0 atom stereocenters. The van der Waals surface area contributed by atoms with Crippen molar-refractivity contribution in [2.24, 2.45) is 5.92 Å². The minimum absolute atomic E-state index is 0.346. The van der Waals surface area contributed by atoms with E-state index in [1.54, 1.807) is 0 Å². The highest BCUT2D eigenvalue weighted by atomic mass is 16.7. The maximum Gasteiger partial charge on any atom is 0.231 e. The molecule has 0 aromatic heterocycles. The fourth-order valence-electron chi connectivity index (χ4n) is 2.24. The van der Waals surface area contributed by atoms with E-state index in [-0.39, 0.29) is 0 Å². The van der Waals surface area contributed by atoms with E-state index in [9.17, 15) is 0 Å². The predicted octanol–water partition coefficient (Wildman–Crippen LogP) is 2.63. The number of nitrogens with one attached hydrogen (secondary N) is 1. The van der Waals surface area contributed by atoms with E-state index in [0.717, 1.165) is 23.1 Å². The van der Waals surface area contributed by atoms with Crippen LogP contribution in [-0.2, 0) is 0 Å². The minimum Gasteiger partial charge on any atom is -0.454 e. The maximum absolute atomic E-state index is 5.33. The van der Waals surface area contributed by atoms with Crippen LogP contribution in [0.5, 0.6) is 11.5 Å². The number of fused-ring (bicyclic) bond motifs is 1. The van der Waals surface area contributed by atoms with Crippen LogP contribution in [0.15, 0.2) is 18.2 Å². The summed E-state index contributed by atoms with van der Waals surface area (Å²) in [6, 6.07) is 6.68. The lowest BCUT2D eigenvalue weighted by Crippen LogP contribution is -2.33. The first kappa shape index (κ1) is 8.89. The zero-order valence-electron chi connectivity index (χ0n) is 8.82. The van der Waals surface area contributed by atoms with Gasteiger partial charge in [0.15, 0.2) is 11.5 Å². The summed E-state index contributed by atoms with van der Waals surface area (Å²) in [5, 5.41) is 3.50. The van der Waals surface area contributed by atoms with Crippen molar-refractivity contribution in [1.82, 2.24) is 0 Å². The summed E-state index contributed by atoms with van der Waals surface area (Å²) in [5.74, 6) is 2.58. The third kappa shape index (κ3) is 1.62. The van der Waals surface area contributed by atoms with Crippen LogP contribution in [0, 0.1) is 5.92 Å². The number of anilines is 1. The van der Waals surface area contributed by atoms with Crippen molar-refractivity contribution in [2.45, 2.75) is 25.8 Å². The van der Waals surface area contributed by atoms with Crippen molar-refractivity contribution in [3.63, 3.8) is 0 Å². The molecule has 80 valence electrons. The van der Waals surface area contributed by atoms with Gasteiger partial charge in [-0.3, -0.25) is 0 Å². The lowest BCUT2D eigenvalue weighted by Gasteiger charge is -2.34. The molecule has 0 radical (unpaired) electrons. The molecule has 0 saturated heterocycles. The molecular formula is C12H15NO2. The Kier molecular flexibility index (Phi) is 1.97. The summed E-state index contributed by atoms with van der Waals surface area (Å²) in [6.45, 7) is 2.64. The molecule has 0 bridgehead atoms. The van der Waals surface area contributed by atoms with E-state index in [1.165, 1.54) is 12.8 Å². The van der Waals surface area contributed by atoms with Gasteiger partial charge < -0.3 is 14.8 Å². The average molecular weight is 205 g/mol. The normalized spacial score (nSPS) is 27.3. The Labute approximate surface area is 89.4 Å². The quantitative estimate of drug-likeness (QED) is 0.805. The van der Waals surface area contributed by atoms with E-state index >= 15 is 0 Å². The van der Waals surface area contributed by atoms with Crippen LogP contribution < -0.4 is 14.8 Å². The van der Waals surface area contributed by atoms with Gasteiger partial charge in [0.25, 0.3) is 0 Å². The Balaban J connectivity index is 1.70. The second-order valence-corrected chi connectivity index (χ2v) is 4.49. The zero-order valence-corrected chi connectivity index (χ0v) is 8.82. The summed E-state index contributed by atoms with van der Waals surface area (Å²) in [4.78, 5) is 0. The smallest absolute Gasteiger partial charge is 0.231 e. The second-order valence-electron chi connectivity index (χ2n) is 4.49. The van der Waals surface area contributed by atoms with Gasteiger partial charge in [-0.2, -0.15) is 0 Å². The highest BCUT2D eigenvalue weighted by Crippen LogP contribution is 2.36. The molecule has 1 aromatic carbocycles. The first-order valence-corrected chi connectivity index (χ1v) is 5.47. The molecule has 15 heavy (non-hydrogen) atoms. The number of ether oxygens (including phenoxy) is 2. The molecule has 1 heterocycles. The number of hydrogen-bond acceptors (Lipinski definition) is 3. The molecule has 0 amide bonds. The Morgan fingerprint density at radius 3 is 2.80 bits per heavy atom. The van der Waals surface area contributed by atoms with Crippen molar-refractivity contribution < 1.29 is 9.47 Å². The molecule has 3 rings (SSSR count). The van der Waals surface area contributed by atoms with Gasteiger partial charge in [-0.15, -0.1) is 0 Å². The maximum atomic E-state index is 5.33. The average Bonchev–Trinajstić information content (AvgIpc) is 2.62. The van der Waals surface area contributed by atoms with Crippen LogP contribution in [0.25, 0.3) is 0 Å². The molecule has 3 heteroatoms. The fourth-order valence-corrected chi connectivity index (χ4v) is 2.24. The summed E-state index contributed by atoms with van der Waals surface area (Å²) in [5.41, 5.74) is 1.14. The molecule has 1 saturated carbocycles. The van der Waals surface area contributed by atoms with Crippen molar-refractivity contribution in [1.29, 1.82) is 0 Å². The van der Waals surface area contributed by atoms with Gasteiger partial charge in [0.2, 0.25) is 6.79 Å². The van der Waals surface area contributed by atoms with Gasteiger partial charge in [0, 0.05) is 17.8 Å². The monoisotopic (exact) mass is 205 g/mol. The second kappa shape index (κ2) is 3.33. The first-order valence-electron chi connectivity index (χ1n) is 5.47. The lowest BCUT2D eigenvalue weighted by molar-refractivity contribution is 0.174. The van der Waals surface area contributed by atoms with Crippen LogP contribution in [0.1, 0.15) is 19.8 Å². The Morgan fingerprint density at radius 1 is 1.20 bits per heavy atom. The molecule has 1 aliphatic heterocycles. The lowest BCUT2D eigenvalue weighted by atomic mass is 9.82. The van der Waals surface area contributed by atoms with Crippen LogP contribution in [0.4, 0.5) is 5.69 Å². The minimum atomic E-state index is 0.346. The third-order valence-corrected chi connectivity index (χ3v) is 3.12. The van der Waals surface area contributed by atoms with Crippen molar-refractivity contribution in [3.05, 3.63) is 18.2 Å². The molecule has 1 fully saturated rings. The number of rotatable bonds is 2. The highest BCUT2D eigenvalue weighted by molar-refractivity contribution is 5.56. The molecule has 1 aromatic rings. The molecule has 1 N–H and O–H groups in total. The Hall–Kier alpha value is -1.38. The van der Waals surface area contributed by atoms with Crippen molar-refractivity contribution in [3.8, 4) is 11.5 Å². The largest absolute Gasteiger partial charge is 0.454 e. The van der Waals surface area contributed by atoms with Gasteiger partial charge in [0.1, 0.15) is 0 Å². The molecule has 2 aliphatic rings. The third-order valence-electron chi connectivity index (χ3n) is 3.12. The van der Waals surface area contributed by atoms with Gasteiger partial charge in [-0.1, -0.05) is 6.92 Å².